The number of benzene rings is 5. The first-order valence-electron chi connectivity index (χ1n) is 15.0. The standard InChI is InChI=1S/C39H34N4/c1-39(2,3)27-19-17-26(18-20-27)33-23-24-41(4)38(40-33)43-36-16-10-7-13-31(36)32-25-28(21-22-37(32)43)42-34-14-8-5-11-29(34)30-12-6-9-15-35(30)42/h5-25,38H,1-4H3. The van der Waals surface area contributed by atoms with Gasteiger partial charge in [0, 0.05) is 40.5 Å². The molecule has 5 aromatic carbocycles. The zero-order valence-corrected chi connectivity index (χ0v) is 25.0. The van der Waals surface area contributed by atoms with E-state index in [1.807, 2.05) is 0 Å². The van der Waals surface area contributed by atoms with Crippen molar-refractivity contribution < 1.29 is 0 Å². The Balaban J connectivity index is 1.31. The SMILES string of the molecule is CN1C=CC(c2ccc(C(C)(C)C)cc2)=NC1n1c2ccccc2c2cc(-n3c4ccccc4c4ccccc43)ccc21. The molecule has 3 heterocycles. The summed E-state index contributed by atoms with van der Waals surface area (Å²) in [6.45, 7) is 6.75. The second kappa shape index (κ2) is 9.47. The lowest BCUT2D eigenvalue weighted by atomic mass is 9.86. The molecule has 0 radical (unpaired) electrons. The fourth-order valence-electron chi connectivity index (χ4n) is 6.65. The third-order valence-electron chi connectivity index (χ3n) is 8.90. The van der Waals surface area contributed by atoms with Gasteiger partial charge < -0.3 is 14.0 Å². The van der Waals surface area contributed by atoms with Crippen LogP contribution in [0.25, 0.3) is 49.3 Å². The van der Waals surface area contributed by atoms with Crippen molar-refractivity contribution in [2.75, 3.05) is 7.05 Å². The fraction of sp³-hybridized carbons (Fsp3) is 0.154. The third-order valence-corrected chi connectivity index (χ3v) is 8.90. The molecule has 210 valence electrons. The van der Waals surface area contributed by atoms with Crippen LogP contribution in [0.3, 0.4) is 0 Å². The molecule has 8 rings (SSSR count). The molecule has 1 aliphatic heterocycles. The van der Waals surface area contributed by atoms with E-state index in [-0.39, 0.29) is 11.7 Å². The Kier molecular flexibility index (Phi) is 5.64. The van der Waals surface area contributed by atoms with E-state index in [0.717, 1.165) is 17.0 Å². The van der Waals surface area contributed by atoms with E-state index in [0.29, 0.717) is 0 Å². The Labute approximate surface area is 251 Å². The topological polar surface area (TPSA) is 25.5 Å². The molecule has 4 heteroatoms. The van der Waals surface area contributed by atoms with Crippen molar-refractivity contribution in [2.45, 2.75) is 32.5 Å². The third kappa shape index (κ3) is 4.01. The van der Waals surface area contributed by atoms with E-state index < -0.39 is 0 Å². The van der Waals surface area contributed by atoms with Gasteiger partial charge in [-0.25, -0.2) is 4.99 Å². The summed E-state index contributed by atoms with van der Waals surface area (Å²) in [6.07, 6.45) is 4.07. The summed E-state index contributed by atoms with van der Waals surface area (Å²) >= 11 is 0. The highest BCUT2D eigenvalue weighted by Crippen LogP contribution is 2.38. The number of fused-ring (bicyclic) bond motifs is 6. The van der Waals surface area contributed by atoms with Crippen LogP contribution in [0, 0.1) is 0 Å². The molecule has 0 saturated heterocycles. The molecule has 1 unspecified atom stereocenters. The van der Waals surface area contributed by atoms with E-state index in [1.165, 1.54) is 49.2 Å². The van der Waals surface area contributed by atoms with Gasteiger partial charge in [0.25, 0.3) is 0 Å². The smallest absolute Gasteiger partial charge is 0.203 e. The van der Waals surface area contributed by atoms with Gasteiger partial charge in [-0.15, -0.1) is 0 Å². The summed E-state index contributed by atoms with van der Waals surface area (Å²) in [5.74, 6) is 0. The first-order valence-corrected chi connectivity index (χ1v) is 15.0. The lowest BCUT2D eigenvalue weighted by molar-refractivity contribution is 0.266. The van der Waals surface area contributed by atoms with Crippen LogP contribution in [-0.4, -0.2) is 26.8 Å². The van der Waals surface area contributed by atoms with Gasteiger partial charge in [-0.05, 0) is 59.0 Å². The highest BCUT2D eigenvalue weighted by atomic mass is 15.4. The summed E-state index contributed by atoms with van der Waals surface area (Å²) in [6, 6.07) is 41.8. The van der Waals surface area contributed by atoms with Gasteiger partial charge in [-0.2, -0.15) is 0 Å². The molecule has 0 saturated carbocycles. The van der Waals surface area contributed by atoms with Gasteiger partial charge in [-0.1, -0.05) is 99.6 Å². The van der Waals surface area contributed by atoms with Gasteiger partial charge in [0.15, 0.2) is 0 Å². The zero-order valence-electron chi connectivity index (χ0n) is 25.0. The average Bonchev–Trinajstić information content (AvgIpc) is 3.54. The van der Waals surface area contributed by atoms with Crippen LogP contribution in [0.5, 0.6) is 0 Å². The van der Waals surface area contributed by atoms with Gasteiger partial charge in [0.05, 0.1) is 27.8 Å². The number of para-hydroxylation sites is 3. The van der Waals surface area contributed by atoms with Gasteiger partial charge in [0.1, 0.15) is 0 Å². The van der Waals surface area contributed by atoms with Gasteiger partial charge in [0.2, 0.25) is 6.29 Å². The lowest BCUT2D eigenvalue weighted by Gasteiger charge is -2.30. The molecule has 0 spiro atoms. The lowest BCUT2D eigenvalue weighted by Crippen LogP contribution is -2.27. The number of hydrogen-bond donors (Lipinski definition) is 0. The minimum Gasteiger partial charge on any atom is -0.342 e. The molecule has 0 amide bonds. The molecule has 0 fully saturated rings. The Morgan fingerprint density at radius 2 is 1.16 bits per heavy atom. The first-order chi connectivity index (χ1) is 20.9. The molecule has 43 heavy (non-hydrogen) atoms. The van der Waals surface area contributed by atoms with Crippen LogP contribution in [0.4, 0.5) is 0 Å². The van der Waals surface area contributed by atoms with E-state index in [2.05, 4.69) is 169 Å². The monoisotopic (exact) mass is 558 g/mol. The molecule has 7 aromatic rings. The minimum atomic E-state index is -0.205. The first kappa shape index (κ1) is 25.6. The van der Waals surface area contributed by atoms with Crippen molar-refractivity contribution in [2.24, 2.45) is 4.99 Å². The van der Waals surface area contributed by atoms with Crippen LogP contribution < -0.4 is 0 Å². The second-order valence-corrected chi connectivity index (χ2v) is 12.6. The summed E-state index contributed by atoms with van der Waals surface area (Å²) in [4.78, 5) is 7.53. The Morgan fingerprint density at radius 1 is 0.605 bits per heavy atom. The van der Waals surface area contributed by atoms with Crippen molar-refractivity contribution in [3.05, 3.63) is 139 Å². The Morgan fingerprint density at radius 3 is 1.79 bits per heavy atom. The molecule has 0 aliphatic carbocycles. The molecular formula is C39H34N4. The van der Waals surface area contributed by atoms with Crippen LogP contribution in [0.15, 0.2) is 133 Å². The summed E-state index contributed by atoms with van der Waals surface area (Å²) < 4.78 is 4.77. The Bertz CT molecular complexity index is 2180. The normalized spacial score (nSPS) is 15.7. The predicted octanol–water partition coefficient (Wildman–Crippen LogP) is 9.59. The van der Waals surface area contributed by atoms with Crippen molar-refractivity contribution in [3.63, 3.8) is 0 Å². The Hall–Kier alpha value is -5.09. The van der Waals surface area contributed by atoms with Gasteiger partial charge >= 0.3 is 0 Å². The number of allylic oxidation sites excluding steroid dienone is 1. The molecule has 2 aromatic heterocycles. The van der Waals surface area contributed by atoms with Crippen LogP contribution in [-0.2, 0) is 5.41 Å². The average molecular weight is 559 g/mol. The maximum Gasteiger partial charge on any atom is 0.203 e. The van der Waals surface area contributed by atoms with Crippen molar-refractivity contribution in [1.29, 1.82) is 0 Å². The minimum absolute atomic E-state index is 0.118. The molecule has 1 atom stereocenters. The summed E-state index contributed by atoms with van der Waals surface area (Å²) in [5, 5.41) is 5.00. The number of aromatic nitrogens is 2. The zero-order chi connectivity index (χ0) is 29.3. The molecule has 0 N–H and O–H groups in total. The second-order valence-electron chi connectivity index (χ2n) is 12.6. The summed E-state index contributed by atoms with van der Waals surface area (Å²) in [5.41, 5.74) is 9.52. The molecular weight excluding hydrogens is 524 g/mol. The molecule has 0 bridgehead atoms. The van der Waals surface area contributed by atoms with E-state index in [9.17, 15) is 0 Å². The number of nitrogens with zero attached hydrogens (tertiary/aromatic N) is 4. The predicted molar refractivity (Wildman–Crippen MR) is 181 cm³/mol. The van der Waals surface area contributed by atoms with Crippen molar-refractivity contribution in [3.8, 4) is 5.69 Å². The highest BCUT2D eigenvalue weighted by molar-refractivity contribution is 6.12. The largest absolute Gasteiger partial charge is 0.342 e. The maximum atomic E-state index is 5.34. The van der Waals surface area contributed by atoms with Crippen LogP contribution in [0.2, 0.25) is 0 Å². The molecule has 1 aliphatic rings. The summed E-state index contributed by atoms with van der Waals surface area (Å²) in [7, 11) is 2.11. The number of rotatable bonds is 3. The highest BCUT2D eigenvalue weighted by Gasteiger charge is 2.24. The molecule has 4 nitrogen and oxygen atoms in total. The van der Waals surface area contributed by atoms with Crippen molar-refractivity contribution >= 4 is 49.3 Å². The van der Waals surface area contributed by atoms with Crippen LogP contribution in [0.1, 0.15) is 38.2 Å². The van der Waals surface area contributed by atoms with E-state index >= 15 is 0 Å². The van der Waals surface area contributed by atoms with E-state index in [4.69, 9.17) is 4.99 Å². The maximum absolute atomic E-state index is 5.34. The van der Waals surface area contributed by atoms with Gasteiger partial charge in [-0.3, -0.25) is 0 Å². The van der Waals surface area contributed by atoms with E-state index in [1.54, 1.807) is 0 Å². The number of hydrogen-bond acceptors (Lipinski definition) is 2. The van der Waals surface area contributed by atoms with Crippen molar-refractivity contribution in [1.82, 2.24) is 14.0 Å². The number of aliphatic imine (C=N–C) groups is 1. The van der Waals surface area contributed by atoms with Crippen LogP contribution >= 0.6 is 0 Å². The quantitative estimate of drug-likeness (QED) is 0.212. The fourth-order valence-corrected chi connectivity index (χ4v) is 6.65.